The monoisotopic (exact) mass is 259 g/mol. The SMILES string of the molecule is COc1cccc(CC(=O)C2CC23CCNCC3)c1. The molecule has 19 heavy (non-hydrogen) atoms. The van der Waals surface area contributed by atoms with Crippen LogP contribution in [-0.4, -0.2) is 26.0 Å². The van der Waals surface area contributed by atoms with Crippen molar-refractivity contribution in [1.29, 1.82) is 0 Å². The van der Waals surface area contributed by atoms with Gasteiger partial charge in [-0.2, -0.15) is 0 Å². The van der Waals surface area contributed by atoms with E-state index >= 15 is 0 Å². The molecule has 2 aliphatic rings. The van der Waals surface area contributed by atoms with Crippen molar-refractivity contribution in [3.8, 4) is 5.75 Å². The van der Waals surface area contributed by atoms with E-state index in [1.165, 1.54) is 12.8 Å². The average Bonchev–Trinajstić information content (AvgIpc) is 3.13. The third-order valence-electron chi connectivity index (χ3n) is 4.69. The first-order valence-electron chi connectivity index (χ1n) is 7.10. The van der Waals surface area contributed by atoms with Crippen molar-refractivity contribution >= 4 is 5.78 Å². The minimum absolute atomic E-state index is 0.306. The highest BCUT2D eigenvalue weighted by Crippen LogP contribution is 2.59. The molecule has 0 amide bonds. The Labute approximate surface area is 114 Å². The first kappa shape index (κ1) is 12.7. The Morgan fingerprint density at radius 1 is 1.42 bits per heavy atom. The molecule has 102 valence electrons. The molecule has 1 saturated carbocycles. The van der Waals surface area contributed by atoms with E-state index in [0.29, 0.717) is 23.5 Å². The van der Waals surface area contributed by atoms with Gasteiger partial charge in [-0.3, -0.25) is 4.79 Å². The molecule has 1 saturated heterocycles. The quantitative estimate of drug-likeness (QED) is 0.901. The minimum Gasteiger partial charge on any atom is -0.497 e. The molecule has 0 aromatic heterocycles. The number of methoxy groups -OCH3 is 1. The van der Waals surface area contributed by atoms with Crippen LogP contribution in [0.5, 0.6) is 5.75 Å². The van der Waals surface area contributed by atoms with Gasteiger partial charge < -0.3 is 10.1 Å². The summed E-state index contributed by atoms with van der Waals surface area (Å²) in [6.45, 7) is 2.14. The van der Waals surface area contributed by atoms with Crippen molar-refractivity contribution in [2.45, 2.75) is 25.7 Å². The van der Waals surface area contributed by atoms with Gasteiger partial charge in [-0.15, -0.1) is 0 Å². The van der Waals surface area contributed by atoms with Crippen molar-refractivity contribution in [3.05, 3.63) is 29.8 Å². The number of rotatable bonds is 4. The van der Waals surface area contributed by atoms with Crippen molar-refractivity contribution in [3.63, 3.8) is 0 Å². The van der Waals surface area contributed by atoms with Gasteiger partial charge >= 0.3 is 0 Å². The molecule has 1 spiro atoms. The van der Waals surface area contributed by atoms with Crippen LogP contribution in [0.4, 0.5) is 0 Å². The second kappa shape index (κ2) is 4.97. The van der Waals surface area contributed by atoms with Gasteiger partial charge in [-0.05, 0) is 55.5 Å². The highest BCUT2D eigenvalue weighted by molar-refractivity contribution is 5.86. The molecule has 1 aliphatic heterocycles. The fourth-order valence-electron chi connectivity index (χ4n) is 3.39. The number of carbonyl (C=O) groups excluding carboxylic acids is 1. The van der Waals surface area contributed by atoms with Crippen LogP contribution < -0.4 is 10.1 Å². The summed E-state index contributed by atoms with van der Waals surface area (Å²) in [5, 5.41) is 3.38. The number of nitrogens with one attached hydrogen (secondary N) is 1. The molecule has 0 radical (unpaired) electrons. The Balaban J connectivity index is 1.63. The van der Waals surface area contributed by atoms with Crippen molar-refractivity contribution < 1.29 is 9.53 Å². The number of hydrogen-bond acceptors (Lipinski definition) is 3. The lowest BCUT2D eigenvalue weighted by atomic mass is 9.89. The Bertz CT molecular complexity index is 477. The molecule has 2 fully saturated rings. The van der Waals surface area contributed by atoms with E-state index in [4.69, 9.17) is 4.74 Å². The highest BCUT2D eigenvalue weighted by Gasteiger charge is 2.56. The Hall–Kier alpha value is -1.35. The van der Waals surface area contributed by atoms with Crippen molar-refractivity contribution in [2.24, 2.45) is 11.3 Å². The van der Waals surface area contributed by atoms with E-state index < -0.39 is 0 Å². The molecule has 0 bridgehead atoms. The molecule has 1 unspecified atom stereocenters. The van der Waals surface area contributed by atoms with Gasteiger partial charge in [0.15, 0.2) is 0 Å². The fourth-order valence-corrected chi connectivity index (χ4v) is 3.39. The molecule has 1 N–H and O–H groups in total. The number of ketones is 1. The average molecular weight is 259 g/mol. The summed E-state index contributed by atoms with van der Waals surface area (Å²) in [6, 6.07) is 7.85. The molecule has 1 aliphatic carbocycles. The second-order valence-electron chi connectivity index (χ2n) is 5.86. The predicted molar refractivity (Wildman–Crippen MR) is 74.3 cm³/mol. The van der Waals surface area contributed by atoms with Gasteiger partial charge in [-0.1, -0.05) is 12.1 Å². The smallest absolute Gasteiger partial charge is 0.140 e. The number of Topliss-reactive ketones (excluding diaryl/α,β-unsaturated/α-hetero) is 1. The molecule has 1 aromatic rings. The summed E-state index contributed by atoms with van der Waals surface area (Å²) in [5.41, 5.74) is 1.42. The van der Waals surface area contributed by atoms with Crippen LogP contribution in [0, 0.1) is 11.3 Å². The lowest BCUT2D eigenvalue weighted by Gasteiger charge is -2.23. The standard InChI is InChI=1S/C16H21NO2/c1-19-13-4-2-3-12(9-13)10-15(18)14-11-16(14)5-7-17-8-6-16/h2-4,9,14,17H,5-8,10-11H2,1H3. The molecule has 1 atom stereocenters. The van der Waals surface area contributed by atoms with Gasteiger partial charge in [0.1, 0.15) is 11.5 Å². The molecule has 3 rings (SSSR count). The second-order valence-corrected chi connectivity index (χ2v) is 5.86. The van der Waals surface area contributed by atoms with E-state index in [0.717, 1.165) is 30.8 Å². The predicted octanol–water partition coefficient (Wildman–Crippen LogP) is 2.20. The van der Waals surface area contributed by atoms with Crippen LogP contribution in [0.2, 0.25) is 0 Å². The molecule has 3 heteroatoms. The Morgan fingerprint density at radius 3 is 2.95 bits per heavy atom. The number of ether oxygens (including phenoxy) is 1. The third-order valence-corrected chi connectivity index (χ3v) is 4.69. The Kier molecular flexibility index (Phi) is 3.31. The number of hydrogen-bond donors (Lipinski definition) is 1. The normalized spacial score (nSPS) is 24.2. The van der Waals surface area contributed by atoms with Crippen LogP contribution in [0.1, 0.15) is 24.8 Å². The summed E-state index contributed by atoms with van der Waals surface area (Å²) in [4.78, 5) is 12.4. The zero-order valence-electron chi connectivity index (χ0n) is 11.4. The van der Waals surface area contributed by atoms with Gasteiger partial charge in [0.25, 0.3) is 0 Å². The van der Waals surface area contributed by atoms with Crippen LogP contribution in [0.25, 0.3) is 0 Å². The molecule has 3 nitrogen and oxygen atoms in total. The molecular formula is C16H21NO2. The van der Waals surface area contributed by atoms with E-state index in [1.807, 2.05) is 24.3 Å². The zero-order valence-corrected chi connectivity index (χ0v) is 11.4. The topological polar surface area (TPSA) is 38.3 Å². The Morgan fingerprint density at radius 2 is 2.21 bits per heavy atom. The summed E-state index contributed by atoms with van der Waals surface area (Å²) in [7, 11) is 1.66. The van der Waals surface area contributed by atoms with Gasteiger partial charge in [0.2, 0.25) is 0 Å². The summed E-state index contributed by atoms with van der Waals surface area (Å²) in [6.07, 6.45) is 4.00. The van der Waals surface area contributed by atoms with Gasteiger partial charge in [-0.25, -0.2) is 0 Å². The lowest BCUT2D eigenvalue weighted by Crippen LogP contribution is -2.30. The zero-order chi connectivity index (χ0) is 13.3. The maximum absolute atomic E-state index is 12.4. The van der Waals surface area contributed by atoms with E-state index in [2.05, 4.69) is 5.32 Å². The van der Waals surface area contributed by atoms with Crippen LogP contribution in [-0.2, 0) is 11.2 Å². The van der Waals surface area contributed by atoms with E-state index in [1.54, 1.807) is 7.11 Å². The maximum atomic E-state index is 12.4. The first-order valence-corrected chi connectivity index (χ1v) is 7.10. The van der Waals surface area contributed by atoms with Crippen LogP contribution >= 0.6 is 0 Å². The largest absolute Gasteiger partial charge is 0.497 e. The number of piperidine rings is 1. The lowest BCUT2D eigenvalue weighted by molar-refractivity contribution is -0.120. The molecule has 1 heterocycles. The fraction of sp³-hybridized carbons (Fsp3) is 0.562. The van der Waals surface area contributed by atoms with Crippen LogP contribution in [0.15, 0.2) is 24.3 Å². The highest BCUT2D eigenvalue weighted by atomic mass is 16.5. The molecule has 1 aromatic carbocycles. The third kappa shape index (κ3) is 2.52. The minimum atomic E-state index is 0.306. The maximum Gasteiger partial charge on any atom is 0.140 e. The van der Waals surface area contributed by atoms with E-state index in [9.17, 15) is 4.79 Å². The number of carbonyl (C=O) groups is 1. The van der Waals surface area contributed by atoms with Gasteiger partial charge in [0.05, 0.1) is 7.11 Å². The van der Waals surface area contributed by atoms with Crippen molar-refractivity contribution in [2.75, 3.05) is 20.2 Å². The molecular weight excluding hydrogens is 238 g/mol. The summed E-state index contributed by atoms with van der Waals surface area (Å²) in [5.74, 6) is 1.55. The summed E-state index contributed by atoms with van der Waals surface area (Å²) < 4.78 is 5.20. The first-order chi connectivity index (χ1) is 9.23. The van der Waals surface area contributed by atoms with Gasteiger partial charge in [0, 0.05) is 12.3 Å². The van der Waals surface area contributed by atoms with Crippen molar-refractivity contribution in [1.82, 2.24) is 5.32 Å². The number of benzene rings is 1. The van der Waals surface area contributed by atoms with E-state index in [-0.39, 0.29) is 0 Å². The summed E-state index contributed by atoms with van der Waals surface area (Å²) >= 11 is 0. The van der Waals surface area contributed by atoms with Crippen LogP contribution in [0.3, 0.4) is 0 Å².